The van der Waals surface area contributed by atoms with Crippen LogP contribution in [0, 0.1) is 0 Å². The Hall–Kier alpha value is -0.380. The molecule has 3 aliphatic rings. The topological polar surface area (TPSA) is 18.5 Å². The van der Waals surface area contributed by atoms with Gasteiger partial charge in [-0.15, -0.1) is 0 Å². The molecule has 17 heavy (non-hydrogen) atoms. The minimum absolute atomic E-state index is 0.856. The quantitative estimate of drug-likeness (QED) is 0.738. The van der Waals surface area contributed by atoms with Gasteiger partial charge in [-0.2, -0.15) is 0 Å². The van der Waals surface area contributed by atoms with E-state index in [0.29, 0.717) is 0 Å². The van der Waals surface area contributed by atoms with Crippen LogP contribution >= 0.6 is 0 Å². The lowest BCUT2D eigenvalue weighted by molar-refractivity contribution is 0.236. The van der Waals surface area contributed by atoms with Crippen LogP contribution in [0.25, 0.3) is 0 Å². The summed E-state index contributed by atoms with van der Waals surface area (Å²) in [6, 6.07) is 0.856. The first kappa shape index (κ1) is 11.7. The van der Waals surface area contributed by atoms with E-state index in [-0.39, 0.29) is 0 Å². The summed E-state index contributed by atoms with van der Waals surface area (Å²) in [7, 11) is 0. The van der Waals surface area contributed by atoms with E-state index >= 15 is 0 Å². The van der Waals surface area contributed by atoms with Crippen molar-refractivity contribution in [3.8, 4) is 0 Å². The van der Waals surface area contributed by atoms with Crippen molar-refractivity contribution in [1.82, 2.24) is 15.1 Å². The molecule has 3 saturated heterocycles. The van der Waals surface area contributed by atoms with Crippen LogP contribution in [0.3, 0.4) is 0 Å². The maximum atomic E-state index is 3.34. The number of rotatable bonds is 3. The van der Waals surface area contributed by atoms with Gasteiger partial charge in [-0.25, -0.2) is 0 Å². The zero-order chi connectivity index (χ0) is 11.7. The van der Waals surface area contributed by atoms with Gasteiger partial charge in [0.1, 0.15) is 0 Å². The maximum Gasteiger partial charge on any atom is 0.0235 e. The average Bonchev–Trinajstić information content (AvgIpc) is 2.82. The molecule has 3 heterocycles. The van der Waals surface area contributed by atoms with Gasteiger partial charge in [0, 0.05) is 38.8 Å². The highest BCUT2D eigenvalue weighted by Gasteiger charge is 2.29. The first-order valence-electron chi connectivity index (χ1n) is 7.17. The van der Waals surface area contributed by atoms with Gasteiger partial charge in [0.2, 0.25) is 0 Å². The summed E-state index contributed by atoms with van der Waals surface area (Å²) in [5, 5.41) is 3.34. The van der Waals surface area contributed by atoms with E-state index in [1.54, 1.807) is 11.1 Å². The predicted molar refractivity (Wildman–Crippen MR) is 71.2 cm³/mol. The molecule has 1 unspecified atom stereocenters. The van der Waals surface area contributed by atoms with Gasteiger partial charge in [0.15, 0.2) is 0 Å². The van der Waals surface area contributed by atoms with Gasteiger partial charge < -0.3 is 5.32 Å². The third-order valence-corrected chi connectivity index (χ3v) is 4.65. The van der Waals surface area contributed by atoms with Gasteiger partial charge in [-0.05, 0) is 44.8 Å². The predicted octanol–water partition coefficient (Wildman–Crippen LogP) is 1.08. The minimum atomic E-state index is 0.856. The summed E-state index contributed by atoms with van der Waals surface area (Å²) in [5.74, 6) is 0. The van der Waals surface area contributed by atoms with Crippen LogP contribution in [-0.4, -0.2) is 61.7 Å². The summed E-state index contributed by atoms with van der Waals surface area (Å²) in [5.41, 5.74) is 3.26. The second kappa shape index (κ2) is 5.09. The molecule has 0 aromatic carbocycles. The lowest BCUT2D eigenvalue weighted by Crippen LogP contribution is -2.38. The van der Waals surface area contributed by atoms with E-state index in [2.05, 4.69) is 22.0 Å². The molecular weight excluding hydrogens is 210 g/mol. The second-order valence-electron chi connectivity index (χ2n) is 5.91. The lowest BCUT2D eigenvalue weighted by Gasteiger charge is -2.26. The van der Waals surface area contributed by atoms with E-state index in [1.807, 2.05) is 0 Å². The van der Waals surface area contributed by atoms with Crippen molar-refractivity contribution in [2.45, 2.75) is 32.2 Å². The van der Waals surface area contributed by atoms with Crippen molar-refractivity contribution in [1.29, 1.82) is 0 Å². The van der Waals surface area contributed by atoms with Crippen molar-refractivity contribution in [2.75, 3.05) is 45.8 Å². The number of hydrogen-bond donors (Lipinski definition) is 1. The van der Waals surface area contributed by atoms with E-state index in [9.17, 15) is 0 Å². The van der Waals surface area contributed by atoms with Crippen LogP contribution in [-0.2, 0) is 0 Å². The van der Waals surface area contributed by atoms with Gasteiger partial charge in [-0.1, -0.05) is 5.57 Å². The van der Waals surface area contributed by atoms with Gasteiger partial charge in [-0.3, -0.25) is 9.80 Å². The maximum absolute atomic E-state index is 3.34. The lowest BCUT2D eigenvalue weighted by atomic mass is 10.0. The molecule has 0 amide bonds. The molecule has 3 nitrogen and oxygen atoms in total. The van der Waals surface area contributed by atoms with E-state index in [0.717, 1.165) is 19.1 Å². The Morgan fingerprint density at radius 1 is 1.24 bits per heavy atom. The van der Waals surface area contributed by atoms with Gasteiger partial charge in [0.05, 0.1) is 0 Å². The zero-order valence-corrected chi connectivity index (χ0v) is 11.0. The summed E-state index contributed by atoms with van der Waals surface area (Å²) >= 11 is 0. The molecule has 0 aromatic rings. The molecule has 3 rings (SSSR count). The molecule has 0 bridgehead atoms. The standard InChI is InChI=1S/C14H25N3/c1-12(13-8-15-9-13)10-16-7-4-14(11-16)17-5-2-3-6-17/h14-15H,2-11H2,1H3. The Morgan fingerprint density at radius 2 is 2.00 bits per heavy atom. The largest absolute Gasteiger partial charge is 0.309 e. The third kappa shape index (κ3) is 2.56. The molecule has 0 aliphatic carbocycles. The first-order chi connectivity index (χ1) is 8.33. The summed E-state index contributed by atoms with van der Waals surface area (Å²) in [6.45, 7) is 11.1. The number of nitrogens with zero attached hydrogens (tertiary/aromatic N) is 2. The Bertz CT molecular complexity index is 299. The average molecular weight is 235 g/mol. The van der Waals surface area contributed by atoms with E-state index in [4.69, 9.17) is 0 Å². The third-order valence-electron chi connectivity index (χ3n) is 4.65. The van der Waals surface area contributed by atoms with E-state index in [1.165, 1.54) is 52.0 Å². The van der Waals surface area contributed by atoms with Crippen LogP contribution in [0.5, 0.6) is 0 Å². The van der Waals surface area contributed by atoms with Crippen LogP contribution in [0.15, 0.2) is 11.1 Å². The number of likely N-dealkylation sites (tertiary alicyclic amines) is 2. The molecule has 0 aromatic heterocycles. The highest BCUT2D eigenvalue weighted by molar-refractivity contribution is 5.22. The van der Waals surface area contributed by atoms with Crippen molar-refractivity contribution >= 4 is 0 Å². The minimum Gasteiger partial charge on any atom is -0.309 e. The molecule has 3 fully saturated rings. The normalized spacial score (nSPS) is 30.9. The Kier molecular flexibility index (Phi) is 3.50. The fourth-order valence-corrected chi connectivity index (χ4v) is 3.36. The highest BCUT2D eigenvalue weighted by atomic mass is 15.3. The van der Waals surface area contributed by atoms with E-state index < -0.39 is 0 Å². The molecule has 1 N–H and O–H groups in total. The molecular formula is C14H25N3. The molecule has 0 saturated carbocycles. The Morgan fingerprint density at radius 3 is 2.65 bits per heavy atom. The molecule has 96 valence electrons. The van der Waals surface area contributed by atoms with Crippen LogP contribution in [0.1, 0.15) is 26.2 Å². The smallest absolute Gasteiger partial charge is 0.0235 e. The fourth-order valence-electron chi connectivity index (χ4n) is 3.36. The zero-order valence-electron chi connectivity index (χ0n) is 11.0. The SMILES string of the molecule is CC(CN1CCC(N2CCCC2)C1)=C1CNC1. The molecule has 3 heteroatoms. The van der Waals surface area contributed by atoms with Crippen molar-refractivity contribution in [2.24, 2.45) is 0 Å². The fraction of sp³-hybridized carbons (Fsp3) is 0.857. The van der Waals surface area contributed by atoms with Crippen LogP contribution in [0.4, 0.5) is 0 Å². The number of nitrogens with one attached hydrogen (secondary N) is 1. The summed E-state index contributed by atoms with van der Waals surface area (Å²) in [6.07, 6.45) is 4.23. The highest BCUT2D eigenvalue weighted by Crippen LogP contribution is 2.21. The second-order valence-corrected chi connectivity index (χ2v) is 5.91. The molecule has 1 atom stereocenters. The van der Waals surface area contributed by atoms with Crippen molar-refractivity contribution in [3.63, 3.8) is 0 Å². The van der Waals surface area contributed by atoms with Crippen LogP contribution < -0.4 is 5.32 Å². The van der Waals surface area contributed by atoms with Crippen molar-refractivity contribution in [3.05, 3.63) is 11.1 Å². The Labute approximate surface area is 105 Å². The van der Waals surface area contributed by atoms with Crippen LogP contribution in [0.2, 0.25) is 0 Å². The Balaban J connectivity index is 1.50. The molecule has 3 aliphatic heterocycles. The summed E-state index contributed by atoms with van der Waals surface area (Å²) in [4.78, 5) is 5.37. The van der Waals surface area contributed by atoms with Gasteiger partial charge in [0.25, 0.3) is 0 Å². The monoisotopic (exact) mass is 235 g/mol. The molecule has 0 radical (unpaired) electrons. The first-order valence-corrected chi connectivity index (χ1v) is 7.17. The van der Waals surface area contributed by atoms with Gasteiger partial charge >= 0.3 is 0 Å². The molecule has 0 spiro atoms. The summed E-state index contributed by atoms with van der Waals surface area (Å²) < 4.78 is 0. The number of hydrogen-bond acceptors (Lipinski definition) is 3. The van der Waals surface area contributed by atoms with Crippen molar-refractivity contribution < 1.29 is 0 Å².